The molecule has 138 valence electrons. The molecule has 0 aromatic heterocycles. The van der Waals surface area contributed by atoms with Crippen LogP contribution in [0.5, 0.6) is 5.75 Å². The molecule has 1 atom stereocenters. The van der Waals surface area contributed by atoms with Crippen molar-refractivity contribution in [3.05, 3.63) is 29.8 Å². The Hall–Kier alpha value is -2.08. The summed E-state index contributed by atoms with van der Waals surface area (Å²) in [6.45, 7) is 5.70. The van der Waals surface area contributed by atoms with Crippen molar-refractivity contribution >= 4 is 11.8 Å². The molecule has 25 heavy (non-hydrogen) atoms. The molecule has 1 saturated heterocycles. The molecule has 2 rings (SSSR count). The fraction of sp³-hybridized carbons (Fsp3) is 0.579. The minimum atomic E-state index is -0.274. The number of ether oxygens (including phenoxy) is 1. The summed E-state index contributed by atoms with van der Waals surface area (Å²) in [6.07, 6.45) is 0.282. The zero-order valence-corrected chi connectivity index (χ0v) is 15.8. The van der Waals surface area contributed by atoms with Gasteiger partial charge in [0.1, 0.15) is 5.75 Å². The van der Waals surface area contributed by atoms with Crippen LogP contribution in [0.15, 0.2) is 24.3 Å². The van der Waals surface area contributed by atoms with Crippen LogP contribution in [0.25, 0.3) is 0 Å². The highest BCUT2D eigenvalue weighted by molar-refractivity contribution is 5.89. The van der Waals surface area contributed by atoms with Gasteiger partial charge in [0.05, 0.1) is 13.0 Å². The molecule has 1 aromatic carbocycles. The van der Waals surface area contributed by atoms with Gasteiger partial charge in [-0.05, 0) is 45.6 Å². The molecule has 0 aliphatic carbocycles. The summed E-state index contributed by atoms with van der Waals surface area (Å²) in [7, 11) is 5.60. The van der Waals surface area contributed by atoms with Crippen LogP contribution in [0.4, 0.5) is 0 Å². The van der Waals surface area contributed by atoms with Gasteiger partial charge in [-0.3, -0.25) is 9.59 Å². The van der Waals surface area contributed by atoms with E-state index in [0.717, 1.165) is 11.3 Å². The first-order valence-corrected chi connectivity index (χ1v) is 8.59. The van der Waals surface area contributed by atoms with E-state index in [1.807, 2.05) is 38.4 Å². The number of nitrogens with one attached hydrogen (secondary N) is 1. The van der Waals surface area contributed by atoms with E-state index in [4.69, 9.17) is 4.74 Å². The number of hydrogen-bond acceptors (Lipinski definition) is 4. The van der Waals surface area contributed by atoms with Crippen LogP contribution >= 0.6 is 0 Å². The van der Waals surface area contributed by atoms with Crippen molar-refractivity contribution < 1.29 is 14.3 Å². The summed E-state index contributed by atoms with van der Waals surface area (Å²) in [6, 6.07) is 7.64. The van der Waals surface area contributed by atoms with Crippen LogP contribution in [-0.2, 0) is 16.1 Å². The van der Waals surface area contributed by atoms with Gasteiger partial charge in [-0.25, -0.2) is 0 Å². The predicted molar refractivity (Wildman–Crippen MR) is 97.3 cm³/mol. The summed E-state index contributed by atoms with van der Waals surface area (Å²) in [5.41, 5.74) is 0.907. The highest BCUT2D eigenvalue weighted by atomic mass is 16.5. The van der Waals surface area contributed by atoms with Gasteiger partial charge in [-0.15, -0.1) is 0 Å². The maximum Gasteiger partial charge on any atom is 0.225 e. The average Bonchev–Trinajstić information content (AvgIpc) is 2.94. The molecule has 1 N–H and O–H groups in total. The SMILES string of the molecule is COc1ccc(CN2C[C@@H](C(=O)NCC(C)(C)N(C)C)CC2=O)cc1. The Morgan fingerprint density at radius 3 is 2.52 bits per heavy atom. The first-order valence-electron chi connectivity index (χ1n) is 8.59. The Morgan fingerprint density at radius 1 is 1.32 bits per heavy atom. The van der Waals surface area contributed by atoms with Crippen LogP contribution in [0.2, 0.25) is 0 Å². The third-order valence-electron chi connectivity index (χ3n) is 5.02. The zero-order chi connectivity index (χ0) is 18.6. The fourth-order valence-electron chi connectivity index (χ4n) is 2.66. The largest absolute Gasteiger partial charge is 0.497 e. The molecule has 6 heteroatoms. The van der Waals surface area contributed by atoms with E-state index in [9.17, 15) is 9.59 Å². The summed E-state index contributed by atoms with van der Waals surface area (Å²) in [4.78, 5) is 28.5. The van der Waals surface area contributed by atoms with E-state index in [2.05, 4.69) is 24.1 Å². The maximum atomic E-state index is 12.4. The monoisotopic (exact) mass is 347 g/mol. The molecule has 1 aromatic rings. The molecule has 2 amide bonds. The summed E-state index contributed by atoms with van der Waals surface area (Å²) in [5, 5.41) is 2.99. The Kier molecular flexibility index (Phi) is 6.06. The first-order chi connectivity index (χ1) is 11.7. The first kappa shape index (κ1) is 19.2. The Morgan fingerprint density at radius 2 is 1.96 bits per heavy atom. The van der Waals surface area contributed by atoms with Gasteiger partial charge >= 0.3 is 0 Å². The molecule has 1 fully saturated rings. The van der Waals surface area contributed by atoms with Gasteiger partial charge in [0.25, 0.3) is 0 Å². The number of likely N-dealkylation sites (tertiary alicyclic amines) is 1. The Labute approximate surface area is 150 Å². The Bertz CT molecular complexity index is 611. The number of benzene rings is 1. The van der Waals surface area contributed by atoms with Crippen LogP contribution in [0.1, 0.15) is 25.8 Å². The quantitative estimate of drug-likeness (QED) is 0.812. The van der Waals surface area contributed by atoms with Crippen molar-refractivity contribution in [1.29, 1.82) is 0 Å². The highest BCUT2D eigenvalue weighted by Gasteiger charge is 2.34. The molecular weight excluding hydrogens is 318 g/mol. The lowest BCUT2D eigenvalue weighted by molar-refractivity contribution is -0.129. The van der Waals surface area contributed by atoms with Crippen molar-refractivity contribution in [2.45, 2.75) is 32.4 Å². The number of nitrogens with zero attached hydrogens (tertiary/aromatic N) is 2. The van der Waals surface area contributed by atoms with E-state index >= 15 is 0 Å². The number of carbonyl (C=O) groups is 2. The third-order valence-corrected chi connectivity index (χ3v) is 5.02. The smallest absolute Gasteiger partial charge is 0.225 e. The zero-order valence-electron chi connectivity index (χ0n) is 15.8. The number of likely N-dealkylation sites (N-methyl/N-ethyl adjacent to an activating group) is 1. The topological polar surface area (TPSA) is 61.9 Å². The van der Waals surface area contributed by atoms with Gasteiger partial charge in [-0.2, -0.15) is 0 Å². The Balaban J connectivity index is 1.89. The molecule has 1 aliphatic heterocycles. The van der Waals surface area contributed by atoms with E-state index in [-0.39, 0.29) is 29.7 Å². The second kappa shape index (κ2) is 7.87. The third kappa shape index (κ3) is 4.95. The molecule has 0 saturated carbocycles. The number of amides is 2. The van der Waals surface area contributed by atoms with Crippen molar-refractivity contribution in [2.75, 3.05) is 34.3 Å². The second-order valence-electron chi connectivity index (χ2n) is 7.45. The van der Waals surface area contributed by atoms with E-state index in [1.54, 1.807) is 12.0 Å². The van der Waals surface area contributed by atoms with Gasteiger partial charge in [-0.1, -0.05) is 12.1 Å². The fourth-order valence-corrected chi connectivity index (χ4v) is 2.66. The van der Waals surface area contributed by atoms with Crippen LogP contribution in [-0.4, -0.2) is 61.4 Å². The summed E-state index contributed by atoms with van der Waals surface area (Å²) in [5.74, 6) is 0.504. The summed E-state index contributed by atoms with van der Waals surface area (Å²) < 4.78 is 5.14. The van der Waals surface area contributed by atoms with Crippen molar-refractivity contribution in [3.63, 3.8) is 0 Å². The van der Waals surface area contributed by atoms with Gasteiger partial charge < -0.3 is 19.9 Å². The number of hydrogen-bond donors (Lipinski definition) is 1. The van der Waals surface area contributed by atoms with Crippen LogP contribution in [0.3, 0.4) is 0 Å². The lowest BCUT2D eigenvalue weighted by Gasteiger charge is -2.33. The van der Waals surface area contributed by atoms with Crippen LogP contribution < -0.4 is 10.1 Å². The van der Waals surface area contributed by atoms with E-state index in [1.165, 1.54) is 0 Å². The molecule has 1 aliphatic rings. The molecule has 0 radical (unpaired) electrons. The number of methoxy groups -OCH3 is 1. The van der Waals surface area contributed by atoms with Gasteiger partial charge in [0, 0.05) is 31.6 Å². The minimum Gasteiger partial charge on any atom is -0.497 e. The minimum absolute atomic E-state index is 0.0304. The standard InChI is InChI=1S/C19H29N3O3/c1-19(2,21(3)4)13-20-18(24)15-10-17(23)22(12-15)11-14-6-8-16(25-5)9-7-14/h6-9,15H,10-13H2,1-5H3,(H,20,24)/t15-/m0/s1. The van der Waals surface area contributed by atoms with Crippen LogP contribution in [0, 0.1) is 5.92 Å². The average molecular weight is 347 g/mol. The van der Waals surface area contributed by atoms with E-state index < -0.39 is 0 Å². The lowest BCUT2D eigenvalue weighted by Crippen LogP contribution is -2.49. The van der Waals surface area contributed by atoms with E-state index in [0.29, 0.717) is 19.6 Å². The number of carbonyl (C=O) groups excluding carboxylic acids is 2. The van der Waals surface area contributed by atoms with Gasteiger partial charge in [0.15, 0.2) is 0 Å². The van der Waals surface area contributed by atoms with Crippen molar-refractivity contribution in [1.82, 2.24) is 15.1 Å². The molecular formula is C19H29N3O3. The maximum absolute atomic E-state index is 12.4. The molecule has 0 spiro atoms. The normalized spacial score (nSPS) is 17.9. The molecule has 6 nitrogen and oxygen atoms in total. The lowest BCUT2D eigenvalue weighted by atomic mass is 10.0. The second-order valence-corrected chi connectivity index (χ2v) is 7.45. The highest BCUT2D eigenvalue weighted by Crippen LogP contribution is 2.22. The van der Waals surface area contributed by atoms with Crippen molar-refractivity contribution in [3.8, 4) is 5.75 Å². The van der Waals surface area contributed by atoms with Crippen molar-refractivity contribution in [2.24, 2.45) is 5.92 Å². The predicted octanol–water partition coefficient (Wildman–Crippen LogP) is 1.50. The summed E-state index contributed by atoms with van der Waals surface area (Å²) >= 11 is 0. The number of rotatable bonds is 7. The molecule has 1 heterocycles. The molecule has 0 bridgehead atoms. The molecule has 0 unspecified atom stereocenters. The van der Waals surface area contributed by atoms with Gasteiger partial charge in [0.2, 0.25) is 11.8 Å².